The number of ether oxygens (including phenoxy) is 1. The van der Waals surface area contributed by atoms with Crippen LogP contribution in [0.15, 0.2) is 36.1 Å². The molecule has 1 atom stereocenters. The van der Waals surface area contributed by atoms with Crippen molar-refractivity contribution < 1.29 is 24.5 Å². The fourth-order valence-corrected chi connectivity index (χ4v) is 1.27. The first-order chi connectivity index (χ1) is 7.50. The predicted molar refractivity (Wildman–Crippen MR) is 50.5 cm³/mol. The normalized spacial score (nSPS) is 19.5. The molecule has 5 heteroatoms. The van der Waals surface area contributed by atoms with E-state index in [1.165, 1.54) is 12.2 Å². The minimum absolute atomic E-state index is 0.0337. The van der Waals surface area contributed by atoms with Crippen molar-refractivity contribution in [3.8, 4) is 0 Å². The van der Waals surface area contributed by atoms with Gasteiger partial charge in [0, 0.05) is 0 Å². The lowest BCUT2D eigenvalue weighted by molar-refractivity contribution is -0.303. The van der Waals surface area contributed by atoms with Crippen LogP contribution in [-0.4, -0.2) is 18.0 Å². The molecule has 0 bridgehead atoms. The average Bonchev–Trinajstić information content (AvgIpc) is 2.43. The molecular weight excluding hydrogens is 212 g/mol. The Balaban J connectivity index is 2.75. The Morgan fingerprint density at radius 2 is 2.12 bits per heavy atom. The van der Waals surface area contributed by atoms with Crippen LogP contribution in [0, 0.1) is 0 Å². The van der Waals surface area contributed by atoms with Gasteiger partial charge in [0.2, 0.25) is 0 Å². The van der Waals surface area contributed by atoms with Gasteiger partial charge in [-0.15, -0.1) is 0 Å². The molecule has 0 fully saturated rings. The Hall–Kier alpha value is -2.04. The van der Waals surface area contributed by atoms with Gasteiger partial charge in [-0.2, -0.15) is 0 Å². The van der Waals surface area contributed by atoms with Crippen LogP contribution in [0.3, 0.4) is 0 Å². The van der Waals surface area contributed by atoms with Crippen molar-refractivity contribution in [2.45, 2.75) is 18.9 Å². The Labute approximate surface area is 92.3 Å². The smallest absolute Gasteiger partial charge is 0.135 e. The van der Waals surface area contributed by atoms with E-state index in [4.69, 9.17) is 4.74 Å². The molecule has 16 heavy (non-hydrogen) atoms. The summed E-state index contributed by atoms with van der Waals surface area (Å²) in [7, 11) is 0. The van der Waals surface area contributed by atoms with Crippen molar-refractivity contribution in [2.24, 2.45) is 0 Å². The Morgan fingerprint density at radius 1 is 1.44 bits per heavy atom. The molecule has 0 radical (unpaired) electrons. The van der Waals surface area contributed by atoms with E-state index < -0.39 is 23.8 Å². The molecule has 0 aliphatic heterocycles. The maximum absolute atomic E-state index is 10.6. The third-order valence-electron chi connectivity index (χ3n) is 2.04. The molecule has 1 aliphatic carbocycles. The van der Waals surface area contributed by atoms with E-state index in [1.54, 1.807) is 6.08 Å². The second kappa shape index (κ2) is 5.16. The molecule has 0 heterocycles. The molecule has 86 valence electrons. The van der Waals surface area contributed by atoms with Crippen molar-refractivity contribution in [1.82, 2.24) is 0 Å². The highest BCUT2D eigenvalue weighted by atomic mass is 16.5. The fraction of sp³-hybridized carbons (Fsp3) is 0.273. The number of carboxylic acid groups (broad SMARTS) is 2. The number of carbonyl (C=O) groups is 2. The van der Waals surface area contributed by atoms with E-state index in [2.05, 4.69) is 6.58 Å². The van der Waals surface area contributed by atoms with Crippen LogP contribution in [-0.2, 0) is 14.3 Å². The van der Waals surface area contributed by atoms with E-state index in [-0.39, 0.29) is 5.57 Å². The van der Waals surface area contributed by atoms with Crippen LogP contribution in [0.2, 0.25) is 0 Å². The maximum atomic E-state index is 10.6. The van der Waals surface area contributed by atoms with Gasteiger partial charge in [-0.1, -0.05) is 18.7 Å². The zero-order valence-corrected chi connectivity index (χ0v) is 8.47. The van der Waals surface area contributed by atoms with Crippen LogP contribution in [0.25, 0.3) is 0 Å². The molecule has 0 aromatic carbocycles. The molecule has 0 aromatic heterocycles. The summed E-state index contributed by atoms with van der Waals surface area (Å²) in [5, 5.41) is 21.0. The lowest BCUT2D eigenvalue weighted by Crippen LogP contribution is -2.28. The molecule has 5 nitrogen and oxygen atoms in total. The summed E-state index contributed by atoms with van der Waals surface area (Å²) in [5.41, 5.74) is -0.0337. The third kappa shape index (κ3) is 3.27. The van der Waals surface area contributed by atoms with Crippen LogP contribution in [0.5, 0.6) is 0 Å². The van der Waals surface area contributed by atoms with Gasteiger partial charge < -0.3 is 24.5 Å². The first-order valence-corrected chi connectivity index (χ1v) is 4.67. The lowest BCUT2D eigenvalue weighted by Gasteiger charge is -2.17. The summed E-state index contributed by atoms with van der Waals surface area (Å²) in [6.45, 7) is 3.15. The van der Waals surface area contributed by atoms with E-state index in [0.717, 1.165) is 0 Å². The standard InChI is InChI=1S/C11H12O5/c1-7(10(12)13)16-9-5-3-2-4-8(6-9)11(14)15/h2,4,6,9H,1,3,5H2,(H,12,13)(H,14,15)/p-2/t9-/m0/s1. The average molecular weight is 222 g/mol. The number of rotatable bonds is 4. The predicted octanol–water partition coefficient (Wildman–Crippen LogP) is -1.34. The highest BCUT2D eigenvalue weighted by Gasteiger charge is 2.12. The quantitative estimate of drug-likeness (QED) is 0.434. The van der Waals surface area contributed by atoms with E-state index in [1.807, 2.05) is 0 Å². The Kier molecular flexibility index (Phi) is 3.88. The molecule has 0 spiro atoms. The monoisotopic (exact) mass is 222 g/mol. The number of hydrogen-bond acceptors (Lipinski definition) is 5. The second-order valence-corrected chi connectivity index (χ2v) is 3.26. The molecular formula is C11H10O5-2. The zero-order valence-electron chi connectivity index (χ0n) is 8.47. The van der Waals surface area contributed by atoms with Gasteiger partial charge in [0.15, 0.2) is 0 Å². The molecule has 0 saturated carbocycles. The fourth-order valence-electron chi connectivity index (χ4n) is 1.27. The molecule has 0 saturated heterocycles. The number of hydrogen-bond donors (Lipinski definition) is 0. The highest BCUT2D eigenvalue weighted by Crippen LogP contribution is 2.15. The second-order valence-electron chi connectivity index (χ2n) is 3.26. The minimum atomic E-state index is -1.51. The highest BCUT2D eigenvalue weighted by molar-refractivity contribution is 5.88. The largest absolute Gasteiger partial charge is 0.545 e. The van der Waals surface area contributed by atoms with Gasteiger partial charge in [-0.05, 0) is 24.5 Å². The van der Waals surface area contributed by atoms with Crippen LogP contribution in [0.1, 0.15) is 12.8 Å². The lowest BCUT2D eigenvalue weighted by atomic mass is 10.2. The van der Waals surface area contributed by atoms with Crippen molar-refractivity contribution in [3.63, 3.8) is 0 Å². The first kappa shape index (κ1) is 12.0. The summed E-state index contributed by atoms with van der Waals surface area (Å²) >= 11 is 0. The van der Waals surface area contributed by atoms with Gasteiger partial charge in [0.05, 0.1) is 5.97 Å². The molecule has 1 aliphatic rings. The Morgan fingerprint density at radius 3 is 2.69 bits per heavy atom. The topological polar surface area (TPSA) is 89.5 Å². The molecule has 1 rings (SSSR count). The van der Waals surface area contributed by atoms with Gasteiger partial charge in [-0.3, -0.25) is 0 Å². The SMILES string of the molecule is C=C(O[C@@H]1C=C(C(=O)[O-])C=CCC1)C(=O)[O-]. The zero-order chi connectivity index (χ0) is 12.1. The van der Waals surface area contributed by atoms with Crippen molar-refractivity contribution in [3.05, 3.63) is 36.1 Å². The number of allylic oxidation sites excluding steroid dienone is 1. The number of aliphatic carboxylic acids is 2. The summed E-state index contributed by atoms with van der Waals surface area (Å²) < 4.78 is 4.95. The summed E-state index contributed by atoms with van der Waals surface area (Å²) in [4.78, 5) is 21.0. The maximum Gasteiger partial charge on any atom is 0.135 e. The summed E-state index contributed by atoms with van der Waals surface area (Å²) in [5.74, 6) is -3.35. The summed E-state index contributed by atoms with van der Waals surface area (Å²) in [6.07, 6.45) is 4.77. The molecule has 0 N–H and O–H groups in total. The van der Waals surface area contributed by atoms with Crippen LogP contribution in [0.4, 0.5) is 0 Å². The van der Waals surface area contributed by atoms with Crippen LogP contribution >= 0.6 is 0 Å². The van der Waals surface area contributed by atoms with E-state index in [0.29, 0.717) is 12.8 Å². The molecule has 0 amide bonds. The minimum Gasteiger partial charge on any atom is -0.545 e. The third-order valence-corrected chi connectivity index (χ3v) is 2.04. The van der Waals surface area contributed by atoms with Gasteiger partial charge in [0.25, 0.3) is 0 Å². The van der Waals surface area contributed by atoms with Gasteiger partial charge in [0.1, 0.15) is 17.8 Å². The first-order valence-electron chi connectivity index (χ1n) is 4.67. The number of carboxylic acids is 2. The van der Waals surface area contributed by atoms with E-state index in [9.17, 15) is 19.8 Å². The number of carbonyl (C=O) groups excluding carboxylic acids is 2. The van der Waals surface area contributed by atoms with E-state index >= 15 is 0 Å². The molecule has 0 aromatic rings. The van der Waals surface area contributed by atoms with Crippen molar-refractivity contribution in [2.75, 3.05) is 0 Å². The van der Waals surface area contributed by atoms with Gasteiger partial charge in [-0.25, -0.2) is 0 Å². The van der Waals surface area contributed by atoms with Crippen molar-refractivity contribution in [1.29, 1.82) is 0 Å². The molecule has 0 unspecified atom stereocenters. The van der Waals surface area contributed by atoms with Crippen molar-refractivity contribution >= 4 is 11.9 Å². The Bertz CT molecular complexity index is 378. The van der Waals surface area contributed by atoms with Crippen LogP contribution < -0.4 is 10.2 Å². The summed E-state index contributed by atoms with van der Waals surface area (Å²) in [6, 6.07) is 0. The van der Waals surface area contributed by atoms with Gasteiger partial charge >= 0.3 is 0 Å².